The molecule has 0 saturated heterocycles. The highest BCUT2D eigenvalue weighted by molar-refractivity contribution is 4.92. The number of nitrogens with two attached hydrogens (primary N) is 4. The highest BCUT2D eigenvalue weighted by atomic mass is 14.8. The van der Waals surface area contributed by atoms with Gasteiger partial charge in [-0.05, 0) is 78.3 Å². The van der Waals surface area contributed by atoms with Crippen molar-refractivity contribution in [3.05, 3.63) is 0 Å². The van der Waals surface area contributed by atoms with Gasteiger partial charge in [0, 0.05) is 11.1 Å². The fourth-order valence-electron chi connectivity index (χ4n) is 3.72. The molecule has 0 bridgehead atoms. The van der Waals surface area contributed by atoms with Gasteiger partial charge in [0.05, 0.1) is 0 Å². The minimum Gasteiger partial charge on any atom is -0.330 e. The smallest absolute Gasteiger partial charge is 0.0126 e. The van der Waals surface area contributed by atoms with Crippen LogP contribution in [0.25, 0.3) is 0 Å². The van der Waals surface area contributed by atoms with E-state index in [1.54, 1.807) is 0 Å². The molecule has 26 heavy (non-hydrogen) atoms. The van der Waals surface area contributed by atoms with Gasteiger partial charge in [0.25, 0.3) is 0 Å². The van der Waals surface area contributed by atoms with E-state index in [4.69, 9.17) is 22.9 Å². The van der Waals surface area contributed by atoms with Gasteiger partial charge in [-0.3, -0.25) is 0 Å². The van der Waals surface area contributed by atoms with Crippen LogP contribution in [-0.4, -0.2) is 24.2 Å². The fourth-order valence-corrected chi connectivity index (χ4v) is 3.72. The summed E-state index contributed by atoms with van der Waals surface area (Å²) in [5, 5.41) is 0. The van der Waals surface area contributed by atoms with Crippen LogP contribution >= 0.6 is 0 Å². The molecule has 8 N–H and O–H groups in total. The summed E-state index contributed by atoms with van der Waals surface area (Å²) >= 11 is 0. The third-order valence-electron chi connectivity index (χ3n) is 5.84. The van der Waals surface area contributed by atoms with Crippen molar-refractivity contribution in [3.8, 4) is 0 Å². The number of hydrogen-bond donors (Lipinski definition) is 4. The molecule has 0 unspecified atom stereocenters. The number of hydrogen-bond acceptors (Lipinski definition) is 4. The molecule has 0 heterocycles. The van der Waals surface area contributed by atoms with Gasteiger partial charge >= 0.3 is 0 Å². The van der Waals surface area contributed by atoms with E-state index in [1.165, 1.54) is 77.0 Å². The summed E-state index contributed by atoms with van der Waals surface area (Å²) in [6.45, 7) is 8.11. The van der Waals surface area contributed by atoms with Crippen LogP contribution in [-0.2, 0) is 0 Å². The van der Waals surface area contributed by atoms with Crippen LogP contribution in [0.15, 0.2) is 0 Å². The van der Waals surface area contributed by atoms with Crippen LogP contribution < -0.4 is 22.9 Å². The summed E-state index contributed by atoms with van der Waals surface area (Å²) in [4.78, 5) is 0. The molecule has 1 rings (SSSR count). The molecule has 0 spiro atoms. The predicted octanol–water partition coefficient (Wildman–Crippen LogP) is 4.44. The van der Waals surface area contributed by atoms with Crippen LogP contribution in [0.2, 0.25) is 0 Å². The van der Waals surface area contributed by atoms with E-state index in [1.807, 2.05) is 0 Å². The molecule has 1 fully saturated rings. The molecule has 0 radical (unpaired) electrons. The predicted molar refractivity (Wildman–Crippen MR) is 117 cm³/mol. The monoisotopic (exact) mass is 370 g/mol. The first-order valence-electron chi connectivity index (χ1n) is 11.2. The summed E-state index contributed by atoms with van der Waals surface area (Å²) in [5.41, 5.74) is 23.0. The van der Waals surface area contributed by atoms with E-state index in [0.29, 0.717) is 5.92 Å². The van der Waals surface area contributed by atoms with Gasteiger partial charge in [0.1, 0.15) is 0 Å². The normalized spacial score (nSPS) is 23.4. The van der Waals surface area contributed by atoms with Crippen molar-refractivity contribution >= 4 is 0 Å². The third-order valence-corrected chi connectivity index (χ3v) is 5.84. The molecule has 0 amide bonds. The Labute approximate surface area is 164 Å². The van der Waals surface area contributed by atoms with Gasteiger partial charge in [-0.15, -0.1) is 0 Å². The van der Waals surface area contributed by atoms with Crippen molar-refractivity contribution in [1.29, 1.82) is 0 Å². The van der Waals surface area contributed by atoms with E-state index in [0.717, 1.165) is 25.9 Å². The highest BCUT2D eigenvalue weighted by Gasteiger charge is 2.33. The molecule has 0 aliphatic heterocycles. The lowest BCUT2D eigenvalue weighted by molar-refractivity contribution is 0.185. The first kappa shape index (κ1) is 25.8. The van der Waals surface area contributed by atoms with Gasteiger partial charge in [0.2, 0.25) is 0 Å². The maximum Gasteiger partial charge on any atom is 0.0126 e. The van der Waals surface area contributed by atoms with Crippen molar-refractivity contribution in [3.63, 3.8) is 0 Å². The summed E-state index contributed by atoms with van der Waals surface area (Å²) in [6, 6.07) is 0. The van der Waals surface area contributed by atoms with E-state index in [9.17, 15) is 0 Å². The molecule has 0 atom stereocenters. The molecule has 0 aromatic carbocycles. The largest absolute Gasteiger partial charge is 0.330 e. The summed E-state index contributed by atoms with van der Waals surface area (Å²) in [7, 11) is 0. The van der Waals surface area contributed by atoms with E-state index < -0.39 is 0 Å². The van der Waals surface area contributed by atoms with Gasteiger partial charge in [0.15, 0.2) is 0 Å². The van der Waals surface area contributed by atoms with Crippen molar-refractivity contribution in [2.75, 3.05) is 13.1 Å². The van der Waals surface area contributed by atoms with Crippen molar-refractivity contribution < 1.29 is 0 Å². The highest BCUT2D eigenvalue weighted by Crippen LogP contribution is 2.34. The Bertz CT molecular complexity index is 288. The lowest BCUT2D eigenvalue weighted by Gasteiger charge is -2.40. The minimum absolute atomic E-state index is 0.0174. The van der Waals surface area contributed by atoms with Gasteiger partial charge in [-0.1, -0.05) is 51.4 Å². The lowest BCUT2D eigenvalue weighted by atomic mass is 9.71. The Morgan fingerprint density at radius 3 is 1.31 bits per heavy atom. The molecule has 158 valence electrons. The molecule has 1 aliphatic rings. The van der Waals surface area contributed by atoms with Crippen molar-refractivity contribution in [2.45, 2.75) is 122 Å². The molecule has 1 saturated carbocycles. The maximum atomic E-state index is 6.06. The molecular weight excluding hydrogens is 320 g/mol. The first-order valence-corrected chi connectivity index (χ1v) is 11.2. The Hall–Kier alpha value is -0.160. The van der Waals surface area contributed by atoms with Crippen LogP contribution in [0.1, 0.15) is 111 Å². The van der Waals surface area contributed by atoms with E-state index >= 15 is 0 Å². The van der Waals surface area contributed by atoms with Gasteiger partial charge in [-0.2, -0.15) is 0 Å². The van der Waals surface area contributed by atoms with Crippen LogP contribution in [0.4, 0.5) is 0 Å². The number of unbranched alkanes of at least 4 members (excludes halogenated alkanes) is 9. The summed E-state index contributed by atoms with van der Waals surface area (Å²) < 4.78 is 0. The molecule has 4 nitrogen and oxygen atoms in total. The zero-order valence-corrected chi connectivity index (χ0v) is 18.2. The Morgan fingerprint density at radius 2 is 1.04 bits per heavy atom. The van der Waals surface area contributed by atoms with Crippen molar-refractivity contribution in [1.82, 2.24) is 0 Å². The average Bonchev–Trinajstić information content (AvgIpc) is 2.56. The van der Waals surface area contributed by atoms with Crippen LogP contribution in [0, 0.1) is 5.92 Å². The summed E-state index contributed by atoms with van der Waals surface area (Å²) in [5.74, 6) is 0.661. The topological polar surface area (TPSA) is 104 Å². The van der Waals surface area contributed by atoms with Crippen LogP contribution in [0.3, 0.4) is 0 Å². The van der Waals surface area contributed by atoms with E-state index in [-0.39, 0.29) is 11.1 Å². The van der Waals surface area contributed by atoms with E-state index in [2.05, 4.69) is 20.8 Å². The second-order valence-electron chi connectivity index (χ2n) is 9.36. The summed E-state index contributed by atoms with van der Waals surface area (Å²) in [6.07, 6.45) is 18.1. The molecule has 0 aromatic rings. The Kier molecular flexibility index (Phi) is 14.8. The quantitative estimate of drug-likeness (QED) is 0.381. The van der Waals surface area contributed by atoms with Crippen LogP contribution in [0.5, 0.6) is 0 Å². The molecule has 1 aliphatic carbocycles. The first-order chi connectivity index (χ1) is 12.2. The molecule has 4 heteroatoms. The van der Waals surface area contributed by atoms with Crippen molar-refractivity contribution in [2.24, 2.45) is 28.9 Å². The van der Waals surface area contributed by atoms with Gasteiger partial charge < -0.3 is 22.9 Å². The standard InChI is InChI=1S/C12H28N2.C10H22N2/c13-11-9-7-5-3-1-2-4-6-8-10-12-14;1-9(2,11)8-4-6-10(3,12)7-5-8/h1-14H2;8H,4-7,11-12H2,1-3H3. The Morgan fingerprint density at radius 1 is 0.731 bits per heavy atom. The lowest BCUT2D eigenvalue weighted by Crippen LogP contribution is -2.48. The minimum atomic E-state index is -0.0174. The van der Waals surface area contributed by atoms with Gasteiger partial charge in [-0.25, -0.2) is 0 Å². The zero-order chi connectivity index (χ0) is 19.9. The second-order valence-corrected chi connectivity index (χ2v) is 9.36. The Balaban J connectivity index is 0.000000485. The zero-order valence-electron chi connectivity index (χ0n) is 18.2. The second kappa shape index (κ2) is 14.8. The third kappa shape index (κ3) is 15.0. The number of rotatable bonds is 12. The SMILES string of the molecule is CC1(N)CCC(C(C)(C)N)CC1.NCCCCCCCCCCCCN. The fraction of sp³-hybridized carbons (Fsp3) is 1.00. The average molecular weight is 371 g/mol. The maximum absolute atomic E-state index is 6.06. The molecule has 0 aromatic heterocycles. The molecular formula is C22H50N4.